The van der Waals surface area contributed by atoms with Crippen molar-refractivity contribution < 1.29 is 4.39 Å². The van der Waals surface area contributed by atoms with E-state index in [4.69, 9.17) is 4.99 Å². The quantitative estimate of drug-likeness (QED) is 0.660. The predicted octanol–water partition coefficient (Wildman–Crippen LogP) is 3.80. The Bertz CT molecular complexity index is 831. The summed E-state index contributed by atoms with van der Waals surface area (Å²) in [4.78, 5) is 6.75. The number of nitrogens with zero attached hydrogens (tertiary/aromatic N) is 4. The maximum Gasteiger partial charge on any atom is 0.175 e. The topological polar surface area (TPSA) is 41.4 Å². The molecule has 0 unspecified atom stereocenters. The summed E-state index contributed by atoms with van der Waals surface area (Å²) >= 11 is 0. The summed E-state index contributed by atoms with van der Waals surface area (Å²) < 4.78 is 12.9. The molecule has 0 atom stereocenters. The van der Waals surface area contributed by atoms with Crippen LogP contribution in [0.2, 0.25) is 0 Å². The first-order valence-corrected chi connectivity index (χ1v) is 8.66. The van der Waals surface area contributed by atoms with Crippen LogP contribution in [-0.4, -0.2) is 40.1 Å². The molecule has 0 amide bonds. The van der Waals surface area contributed by atoms with Gasteiger partial charge in [0.15, 0.2) is 5.82 Å². The van der Waals surface area contributed by atoms with Gasteiger partial charge in [0.1, 0.15) is 6.17 Å². The molecule has 1 aliphatic heterocycles. The van der Waals surface area contributed by atoms with Crippen LogP contribution in [0.5, 0.6) is 0 Å². The molecule has 0 aliphatic carbocycles. The van der Waals surface area contributed by atoms with E-state index >= 15 is 0 Å². The van der Waals surface area contributed by atoms with Gasteiger partial charge in [-0.1, -0.05) is 60.7 Å². The van der Waals surface area contributed by atoms with Gasteiger partial charge in [-0.2, -0.15) is 5.10 Å². The Balaban J connectivity index is 1.60. The number of halogens is 1. The molecule has 4 nitrogen and oxygen atoms in total. The summed E-state index contributed by atoms with van der Waals surface area (Å²) in [6.07, 6.45) is -0.703. The molecule has 0 N–H and O–H groups in total. The van der Waals surface area contributed by atoms with Crippen molar-refractivity contribution in [2.75, 3.05) is 13.1 Å². The lowest BCUT2D eigenvalue weighted by Crippen LogP contribution is -2.47. The fourth-order valence-corrected chi connectivity index (χ4v) is 2.96. The fourth-order valence-electron chi connectivity index (χ4n) is 2.96. The van der Waals surface area contributed by atoms with Gasteiger partial charge < -0.3 is 0 Å². The summed E-state index contributed by atoms with van der Waals surface area (Å²) in [5.74, 6) is 0.559. The molecule has 2 heterocycles. The molecule has 1 saturated heterocycles. The smallest absolute Gasteiger partial charge is 0.175 e. The first kappa shape index (κ1) is 16.5. The first-order valence-electron chi connectivity index (χ1n) is 8.66. The molecule has 2 aromatic carbocycles. The Morgan fingerprint density at radius 1 is 0.885 bits per heavy atom. The molecule has 3 aromatic rings. The highest BCUT2D eigenvalue weighted by Gasteiger charge is 2.26. The minimum atomic E-state index is -0.703. The monoisotopic (exact) mass is 346 g/mol. The third kappa shape index (κ3) is 3.83. The van der Waals surface area contributed by atoms with E-state index in [1.165, 1.54) is 0 Å². The molecule has 0 saturated carbocycles. The van der Waals surface area contributed by atoms with Crippen LogP contribution in [0.25, 0.3) is 0 Å². The summed E-state index contributed by atoms with van der Waals surface area (Å²) in [6.45, 7) is 1.59. The molecule has 130 valence electrons. The zero-order valence-corrected chi connectivity index (χ0v) is 14.3. The first-order chi connectivity index (χ1) is 12.8. The van der Waals surface area contributed by atoms with Crippen LogP contribution < -0.4 is 0 Å². The van der Waals surface area contributed by atoms with Gasteiger partial charge in [0.25, 0.3) is 0 Å². The van der Waals surface area contributed by atoms with E-state index in [1.54, 1.807) is 0 Å². The van der Waals surface area contributed by atoms with Crippen LogP contribution in [0.4, 0.5) is 10.2 Å². The predicted molar refractivity (Wildman–Crippen MR) is 100 cm³/mol. The molecule has 1 fully saturated rings. The van der Waals surface area contributed by atoms with Crippen molar-refractivity contribution in [3.05, 3.63) is 89.6 Å². The van der Waals surface area contributed by atoms with E-state index in [1.807, 2.05) is 77.7 Å². The van der Waals surface area contributed by atoms with Crippen LogP contribution in [0.3, 0.4) is 0 Å². The van der Waals surface area contributed by atoms with E-state index in [0.29, 0.717) is 25.5 Å². The van der Waals surface area contributed by atoms with Crippen molar-refractivity contribution in [1.82, 2.24) is 15.1 Å². The lowest BCUT2D eigenvalue weighted by molar-refractivity contribution is 0.0578. The summed E-state index contributed by atoms with van der Waals surface area (Å²) in [7, 11) is 0. The van der Waals surface area contributed by atoms with E-state index in [9.17, 15) is 4.39 Å². The third-order valence-electron chi connectivity index (χ3n) is 4.32. The normalized spacial score (nSPS) is 14.7. The number of aliphatic imine (C=N–C) groups is 1. The lowest BCUT2D eigenvalue weighted by atomic mass is 10.0. The lowest BCUT2D eigenvalue weighted by Gasteiger charge is -2.33. The molecule has 0 bridgehead atoms. The van der Waals surface area contributed by atoms with E-state index in [0.717, 1.165) is 22.5 Å². The van der Waals surface area contributed by atoms with Crippen LogP contribution in [0.1, 0.15) is 16.8 Å². The Hall–Kier alpha value is -2.92. The van der Waals surface area contributed by atoms with Gasteiger partial charge in [-0.3, -0.25) is 4.90 Å². The number of hydrogen-bond acceptors (Lipinski definition) is 4. The van der Waals surface area contributed by atoms with Gasteiger partial charge in [-0.05, 0) is 12.1 Å². The van der Waals surface area contributed by atoms with Gasteiger partial charge >= 0.3 is 0 Å². The maximum atomic E-state index is 12.9. The van der Waals surface area contributed by atoms with Gasteiger partial charge in [0, 0.05) is 30.8 Å². The number of rotatable bonds is 5. The highest BCUT2D eigenvalue weighted by molar-refractivity contribution is 6.13. The minimum Gasteiger partial charge on any atom is -0.292 e. The summed E-state index contributed by atoms with van der Waals surface area (Å²) in [6, 6.07) is 23.8. The molecular formula is C21H19FN4. The Kier molecular flexibility index (Phi) is 4.80. The molecule has 26 heavy (non-hydrogen) atoms. The van der Waals surface area contributed by atoms with Gasteiger partial charge in [0.05, 0.1) is 11.4 Å². The number of aromatic nitrogens is 2. The molecule has 0 radical (unpaired) electrons. The van der Waals surface area contributed by atoms with E-state index in [-0.39, 0.29) is 0 Å². The van der Waals surface area contributed by atoms with Crippen molar-refractivity contribution in [3.63, 3.8) is 0 Å². The highest BCUT2D eigenvalue weighted by atomic mass is 19.1. The van der Waals surface area contributed by atoms with Crippen molar-refractivity contribution in [3.8, 4) is 0 Å². The fraction of sp³-hybridized carbons (Fsp3) is 0.190. The standard InChI is InChI=1S/C21H19FN4/c22-18-13-26(14-18)15-19-11-12-20(25-24-19)23-21(16-7-3-1-4-8-16)17-9-5-2-6-10-17/h1-12,18H,13-15H2. The van der Waals surface area contributed by atoms with Crippen LogP contribution in [0, 0.1) is 0 Å². The van der Waals surface area contributed by atoms with Gasteiger partial charge in [-0.25, -0.2) is 9.38 Å². The molecule has 1 aromatic heterocycles. The van der Waals surface area contributed by atoms with E-state index in [2.05, 4.69) is 10.2 Å². The van der Waals surface area contributed by atoms with Crippen molar-refractivity contribution >= 4 is 11.5 Å². The highest BCUT2D eigenvalue weighted by Crippen LogP contribution is 2.18. The minimum absolute atomic E-state index is 0.480. The average molecular weight is 346 g/mol. The molecular weight excluding hydrogens is 327 g/mol. The molecule has 0 spiro atoms. The van der Waals surface area contributed by atoms with Crippen molar-refractivity contribution in [1.29, 1.82) is 0 Å². The van der Waals surface area contributed by atoms with E-state index < -0.39 is 6.17 Å². The Morgan fingerprint density at radius 3 is 2.00 bits per heavy atom. The molecule has 5 heteroatoms. The number of likely N-dealkylation sites (tertiary alicyclic amines) is 1. The molecule has 4 rings (SSSR count). The van der Waals surface area contributed by atoms with Crippen LogP contribution in [-0.2, 0) is 6.54 Å². The number of benzene rings is 2. The second-order valence-corrected chi connectivity index (χ2v) is 6.37. The number of hydrogen-bond donors (Lipinski definition) is 0. The third-order valence-corrected chi connectivity index (χ3v) is 4.32. The summed E-state index contributed by atoms with van der Waals surface area (Å²) in [5, 5.41) is 8.49. The van der Waals surface area contributed by atoms with Crippen molar-refractivity contribution in [2.24, 2.45) is 4.99 Å². The van der Waals surface area contributed by atoms with Crippen LogP contribution in [0.15, 0.2) is 77.8 Å². The summed E-state index contributed by atoms with van der Waals surface area (Å²) in [5.41, 5.74) is 3.74. The molecule has 1 aliphatic rings. The number of alkyl halides is 1. The Labute approximate surface area is 152 Å². The van der Waals surface area contributed by atoms with Crippen LogP contribution >= 0.6 is 0 Å². The largest absolute Gasteiger partial charge is 0.292 e. The second-order valence-electron chi connectivity index (χ2n) is 6.37. The van der Waals surface area contributed by atoms with Crippen molar-refractivity contribution in [2.45, 2.75) is 12.7 Å². The zero-order valence-electron chi connectivity index (χ0n) is 14.3. The maximum absolute atomic E-state index is 12.9. The zero-order chi connectivity index (χ0) is 17.8. The SMILES string of the molecule is FC1CN(Cc2ccc(N=C(c3ccccc3)c3ccccc3)nn2)C1. The van der Waals surface area contributed by atoms with Gasteiger partial charge in [0.2, 0.25) is 0 Å². The van der Waals surface area contributed by atoms with Gasteiger partial charge in [-0.15, -0.1) is 5.10 Å². The average Bonchev–Trinajstić information content (AvgIpc) is 2.67. The Morgan fingerprint density at radius 2 is 1.50 bits per heavy atom. The second kappa shape index (κ2) is 7.54.